The molecule has 0 bridgehead atoms. The van der Waals surface area contributed by atoms with E-state index < -0.39 is 5.97 Å². The first-order valence-electron chi connectivity index (χ1n) is 4.48. The van der Waals surface area contributed by atoms with Crippen molar-refractivity contribution >= 4 is 5.97 Å². The van der Waals surface area contributed by atoms with Gasteiger partial charge in [0.15, 0.2) is 0 Å². The van der Waals surface area contributed by atoms with Gasteiger partial charge in [0.2, 0.25) is 0 Å². The van der Waals surface area contributed by atoms with Gasteiger partial charge in [-0.2, -0.15) is 9.94 Å². The zero-order valence-electron chi connectivity index (χ0n) is 8.73. The molecule has 0 aliphatic rings. The molecule has 0 radical (unpaired) electrons. The monoisotopic (exact) mass is 230 g/mol. The highest BCUT2D eigenvalue weighted by Gasteiger charge is 2.13. The van der Waals surface area contributed by atoms with Gasteiger partial charge in [0.25, 0.3) is 11.8 Å². The summed E-state index contributed by atoms with van der Waals surface area (Å²) < 4.78 is 5.65. The zero-order chi connectivity index (χ0) is 12.3. The van der Waals surface area contributed by atoms with E-state index in [0.29, 0.717) is 0 Å². The van der Waals surface area contributed by atoms with Gasteiger partial charge < -0.3 is 4.74 Å². The summed E-state index contributed by atoms with van der Waals surface area (Å²) in [7, 11) is 1.23. The first-order chi connectivity index (χ1) is 8.24. The van der Waals surface area contributed by atoms with E-state index >= 15 is 0 Å². The molecule has 0 amide bonds. The van der Waals surface area contributed by atoms with Crippen LogP contribution in [0.1, 0.15) is 16.3 Å². The van der Waals surface area contributed by atoms with Crippen LogP contribution in [0.5, 0.6) is 0 Å². The van der Waals surface area contributed by atoms with Crippen molar-refractivity contribution in [2.75, 3.05) is 7.11 Å². The maximum absolute atomic E-state index is 11.1. The Morgan fingerprint density at radius 2 is 2.35 bits per heavy atom. The van der Waals surface area contributed by atoms with Gasteiger partial charge in [-0.25, -0.2) is 19.7 Å². The average molecular weight is 230 g/mol. The molecule has 0 aromatic carbocycles. The fourth-order valence-electron chi connectivity index (χ4n) is 1.07. The molecule has 2 heterocycles. The number of methoxy groups -OCH3 is 1. The topological polar surface area (TPSA) is 107 Å². The predicted octanol–water partition coefficient (Wildman–Crippen LogP) is -0.284. The Balaban J connectivity index is 2.37. The highest BCUT2D eigenvalue weighted by Crippen LogP contribution is 2.00. The molecule has 2 aromatic heterocycles. The molecule has 84 valence electrons. The quantitative estimate of drug-likeness (QED) is 0.652. The van der Waals surface area contributed by atoms with E-state index in [1.165, 1.54) is 30.4 Å². The van der Waals surface area contributed by atoms with E-state index in [-0.39, 0.29) is 17.5 Å². The molecular weight excluding hydrogens is 224 g/mol. The van der Waals surface area contributed by atoms with Crippen LogP contribution in [0.3, 0.4) is 0 Å². The summed E-state index contributed by atoms with van der Waals surface area (Å²) >= 11 is 0. The van der Waals surface area contributed by atoms with Gasteiger partial charge in [0, 0.05) is 6.20 Å². The summed E-state index contributed by atoms with van der Waals surface area (Å²) in [6.45, 7) is 0. The first-order valence-corrected chi connectivity index (χ1v) is 4.48. The third-order valence-electron chi connectivity index (χ3n) is 1.82. The summed E-state index contributed by atoms with van der Waals surface area (Å²) in [4.78, 5) is 22.7. The highest BCUT2D eigenvalue weighted by molar-refractivity contribution is 5.84. The number of hydrogen-bond donors (Lipinski definition) is 0. The summed E-state index contributed by atoms with van der Waals surface area (Å²) in [5, 5.41) is 12.5. The molecule has 0 unspecified atom stereocenters. The van der Waals surface area contributed by atoms with E-state index in [1.54, 1.807) is 0 Å². The average Bonchev–Trinajstić information content (AvgIpc) is 2.87. The standard InChI is InChI=1S/C9H6N6O2/c1-17-8(16)7-12-5-15(14-7)9-11-3-2-6(4-10)13-9/h2-3,5H,1H3. The van der Waals surface area contributed by atoms with Crippen LogP contribution < -0.4 is 0 Å². The van der Waals surface area contributed by atoms with E-state index in [2.05, 4.69) is 24.8 Å². The number of esters is 1. The van der Waals surface area contributed by atoms with Crippen molar-refractivity contribution in [3.8, 4) is 12.0 Å². The van der Waals surface area contributed by atoms with Gasteiger partial charge in [-0.05, 0) is 6.07 Å². The first kappa shape index (κ1) is 10.7. The van der Waals surface area contributed by atoms with Gasteiger partial charge in [0.05, 0.1) is 7.11 Å². The van der Waals surface area contributed by atoms with Gasteiger partial charge in [-0.3, -0.25) is 0 Å². The molecular formula is C9H6N6O2. The van der Waals surface area contributed by atoms with E-state index in [0.717, 1.165) is 0 Å². The fraction of sp³-hybridized carbons (Fsp3) is 0.111. The lowest BCUT2D eigenvalue weighted by Crippen LogP contribution is -2.07. The largest absolute Gasteiger partial charge is 0.463 e. The van der Waals surface area contributed by atoms with Crippen molar-refractivity contribution in [1.29, 1.82) is 5.26 Å². The molecule has 0 aliphatic carbocycles. The second-order valence-corrected chi connectivity index (χ2v) is 2.86. The number of rotatable bonds is 2. The number of carbonyl (C=O) groups is 1. The Bertz CT molecular complexity index is 600. The van der Waals surface area contributed by atoms with Crippen molar-refractivity contribution in [3.05, 3.63) is 30.1 Å². The molecule has 0 N–H and O–H groups in total. The van der Waals surface area contributed by atoms with Crippen molar-refractivity contribution in [2.45, 2.75) is 0 Å². The van der Waals surface area contributed by atoms with Crippen LogP contribution in [0.25, 0.3) is 5.95 Å². The third-order valence-corrected chi connectivity index (χ3v) is 1.82. The molecule has 2 rings (SSSR count). The van der Waals surface area contributed by atoms with Crippen LogP contribution in [-0.2, 0) is 4.74 Å². The maximum Gasteiger partial charge on any atom is 0.377 e. The normalized spacial score (nSPS) is 9.65. The number of carbonyl (C=O) groups excluding carboxylic acids is 1. The predicted molar refractivity (Wildman–Crippen MR) is 53.0 cm³/mol. The van der Waals surface area contributed by atoms with Crippen molar-refractivity contribution in [1.82, 2.24) is 24.7 Å². The molecule has 0 aliphatic heterocycles. The third kappa shape index (κ3) is 2.07. The van der Waals surface area contributed by atoms with Crippen molar-refractivity contribution in [3.63, 3.8) is 0 Å². The van der Waals surface area contributed by atoms with Crippen LogP contribution in [0.2, 0.25) is 0 Å². The highest BCUT2D eigenvalue weighted by atomic mass is 16.5. The molecule has 0 atom stereocenters. The zero-order valence-corrected chi connectivity index (χ0v) is 8.73. The second kappa shape index (κ2) is 4.36. The molecule has 0 saturated carbocycles. The SMILES string of the molecule is COC(=O)c1ncn(-c2nccc(C#N)n2)n1. The lowest BCUT2D eigenvalue weighted by atomic mass is 10.4. The smallest absolute Gasteiger partial charge is 0.377 e. The molecule has 8 nitrogen and oxygen atoms in total. The Hall–Kier alpha value is -2.82. The molecule has 0 spiro atoms. The summed E-state index contributed by atoms with van der Waals surface area (Å²) in [5.74, 6) is -0.592. The Labute approximate surface area is 95.5 Å². The van der Waals surface area contributed by atoms with E-state index in [9.17, 15) is 4.79 Å². The fourth-order valence-corrected chi connectivity index (χ4v) is 1.07. The number of hydrogen-bond acceptors (Lipinski definition) is 7. The minimum absolute atomic E-state index is 0.0986. The van der Waals surface area contributed by atoms with Gasteiger partial charge in [-0.1, -0.05) is 0 Å². The number of ether oxygens (including phenoxy) is 1. The number of aromatic nitrogens is 5. The summed E-state index contributed by atoms with van der Waals surface area (Å²) in [6.07, 6.45) is 2.68. The maximum atomic E-state index is 11.1. The summed E-state index contributed by atoms with van der Waals surface area (Å²) in [6, 6.07) is 3.33. The molecule has 0 saturated heterocycles. The van der Waals surface area contributed by atoms with Crippen LogP contribution in [0, 0.1) is 11.3 Å². The second-order valence-electron chi connectivity index (χ2n) is 2.86. The van der Waals surface area contributed by atoms with Crippen molar-refractivity contribution in [2.24, 2.45) is 0 Å². The van der Waals surface area contributed by atoms with Crippen LogP contribution in [0.4, 0.5) is 0 Å². The molecule has 17 heavy (non-hydrogen) atoms. The molecule has 2 aromatic rings. The summed E-state index contributed by atoms with van der Waals surface area (Å²) in [5.41, 5.74) is 0.199. The van der Waals surface area contributed by atoms with Crippen LogP contribution in [-0.4, -0.2) is 37.8 Å². The lowest BCUT2D eigenvalue weighted by molar-refractivity contribution is 0.0587. The minimum atomic E-state index is -0.653. The van der Waals surface area contributed by atoms with Crippen LogP contribution >= 0.6 is 0 Å². The Morgan fingerprint density at radius 3 is 3.06 bits per heavy atom. The minimum Gasteiger partial charge on any atom is -0.463 e. The lowest BCUT2D eigenvalue weighted by Gasteiger charge is -1.96. The number of nitriles is 1. The number of nitrogens with zero attached hydrogens (tertiary/aromatic N) is 6. The Kier molecular flexibility index (Phi) is 2.74. The van der Waals surface area contributed by atoms with Gasteiger partial charge in [-0.15, -0.1) is 5.10 Å². The van der Waals surface area contributed by atoms with Crippen molar-refractivity contribution < 1.29 is 9.53 Å². The van der Waals surface area contributed by atoms with E-state index in [4.69, 9.17) is 5.26 Å². The van der Waals surface area contributed by atoms with Crippen LogP contribution in [0.15, 0.2) is 18.6 Å². The van der Waals surface area contributed by atoms with Gasteiger partial charge >= 0.3 is 5.97 Å². The molecule has 8 heteroatoms. The van der Waals surface area contributed by atoms with Gasteiger partial charge in [0.1, 0.15) is 18.1 Å². The molecule has 0 fully saturated rings. The Morgan fingerprint density at radius 1 is 1.53 bits per heavy atom. The van der Waals surface area contributed by atoms with E-state index in [1.807, 2.05) is 6.07 Å².